The molecule has 1 aliphatic heterocycles. The first-order valence-corrected chi connectivity index (χ1v) is 8.46. The zero-order valence-corrected chi connectivity index (χ0v) is 14.8. The summed E-state index contributed by atoms with van der Waals surface area (Å²) >= 11 is 0. The molecule has 0 aliphatic carbocycles. The highest BCUT2D eigenvalue weighted by molar-refractivity contribution is 6.03. The molecule has 2 aromatic rings. The molecule has 2 aromatic carbocycles. The predicted molar refractivity (Wildman–Crippen MR) is 96.3 cm³/mol. The zero-order valence-electron chi connectivity index (χ0n) is 14.8. The van der Waals surface area contributed by atoms with E-state index < -0.39 is 17.9 Å². The van der Waals surface area contributed by atoms with Crippen LogP contribution in [0.25, 0.3) is 0 Å². The number of oxime groups is 1. The van der Waals surface area contributed by atoms with E-state index in [1.807, 2.05) is 30.3 Å². The number of esters is 1. The van der Waals surface area contributed by atoms with Gasteiger partial charge in [-0.25, -0.2) is 9.18 Å². The van der Waals surface area contributed by atoms with Gasteiger partial charge in [0.2, 0.25) is 6.10 Å². The van der Waals surface area contributed by atoms with Crippen LogP contribution in [0, 0.1) is 5.82 Å². The molecule has 1 atom stereocenters. The summed E-state index contributed by atoms with van der Waals surface area (Å²) in [6, 6.07) is 15.4. The minimum absolute atomic E-state index is 0.163. The molecule has 1 heterocycles. The third kappa shape index (κ3) is 4.91. The number of hydrogen-bond acceptors (Lipinski definition) is 5. The molecule has 1 amide bonds. The van der Waals surface area contributed by atoms with Crippen molar-refractivity contribution in [3.63, 3.8) is 0 Å². The summed E-state index contributed by atoms with van der Waals surface area (Å²) in [5, 5.41) is 3.82. The Morgan fingerprint density at radius 2 is 2.00 bits per heavy atom. The molecule has 3 rings (SSSR count). The largest absolute Gasteiger partial charge is 0.453 e. The van der Waals surface area contributed by atoms with Crippen molar-refractivity contribution < 1.29 is 23.6 Å². The minimum atomic E-state index is -0.935. The fourth-order valence-electron chi connectivity index (χ4n) is 2.62. The molecule has 0 radical (unpaired) electrons. The highest BCUT2D eigenvalue weighted by atomic mass is 19.1. The quantitative estimate of drug-likeness (QED) is 0.733. The lowest BCUT2D eigenvalue weighted by atomic mass is 10.1. The Balaban J connectivity index is 1.46. The van der Waals surface area contributed by atoms with Crippen molar-refractivity contribution in [2.45, 2.75) is 19.1 Å². The lowest BCUT2D eigenvalue weighted by Gasteiger charge is -2.17. The highest BCUT2D eigenvalue weighted by Crippen LogP contribution is 2.18. The van der Waals surface area contributed by atoms with E-state index in [0.717, 1.165) is 5.56 Å². The summed E-state index contributed by atoms with van der Waals surface area (Å²) in [4.78, 5) is 30.8. The van der Waals surface area contributed by atoms with Crippen molar-refractivity contribution in [1.29, 1.82) is 0 Å². The minimum Gasteiger partial charge on any atom is -0.453 e. The van der Waals surface area contributed by atoms with Crippen molar-refractivity contribution in [2.24, 2.45) is 5.16 Å². The van der Waals surface area contributed by atoms with E-state index in [2.05, 4.69) is 5.16 Å². The average Bonchev–Trinajstić information content (AvgIpc) is 3.17. The van der Waals surface area contributed by atoms with E-state index in [1.165, 1.54) is 17.0 Å². The molecule has 0 spiro atoms. The number of nitrogens with zero attached hydrogens (tertiary/aromatic N) is 2. The third-order valence-corrected chi connectivity index (χ3v) is 4.12. The third-order valence-electron chi connectivity index (χ3n) is 4.12. The van der Waals surface area contributed by atoms with Crippen molar-refractivity contribution in [3.05, 3.63) is 71.5 Å². The Morgan fingerprint density at radius 1 is 1.22 bits per heavy atom. The second-order valence-corrected chi connectivity index (χ2v) is 6.19. The molecule has 7 heteroatoms. The smallest absolute Gasteiger partial charge is 0.351 e. The highest BCUT2D eigenvalue weighted by Gasteiger charge is 2.31. The molecule has 0 saturated carbocycles. The summed E-state index contributed by atoms with van der Waals surface area (Å²) in [6.07, 6.45) is -0.772. The summed E-state index contributed by atoms with van der Waals surface area (Å²) in [6.45, 7) is 0.0430. The molecule has 6 nitrogen and oxygen atoms in total. The number of benzene rings is 2. The molecule has 27 heavy (non-hydrogen) atoms. The predicted octanol–water partition coefficient (Wildman–Crippen LogP) is 2.52. The van der Waals surface area contributed by atoms with Gasteiger partial charge >= 0.3 is 5.97 Å². The maximum absolute atomic E-state index is 13.3. The van der Waals surface area contributed by atoms with Crippen molar-refractivity contribution in [2.75, 3.05) is 13.7 Å². The van der Waals surface area contributed by atoms with Gasteiger partial charge < -0.3 is 14.5 Å². The van der Waals surface area contributed by atoms with Crippen LogP contribution in [0.3, 0.4) is 0 Å². The number of rotatable bonds is 6. The van der Waals surface area contributed by atoms with E-state index in [4.69, 9.17) is 9.57 Å². The summed E-state index contributed by atoms with van der Waals surface area (Å²) in [7, 11) is 1.64. The summed E-state index contributed by atoms with van der Waals surface area (Å²) < 4.78 is 18.3. The maximum Gasteiger partial charge on any atom is 0.351 e. The summed E-state index contributed by atoms with van der Waals surface area (Å²) in [5.41, 5.74) is 1.99. The average molecular weight is 370 g/mol. The number of ether oxygens (including phenoxy) is 1. The molecule has 140 valence electrons. The van der Waals surface area contributed by atoms with E-state index >= 15 is 0 Å². The van der Waals surface area contributed by atoms with Gasteiger partial charge in [-0.1, -0.05) is 47.6 Å². The van der Waals surface area contributed by atoms with Crippen molar-refractivity contribution in [3.8, 4) is 0 Å². The maximum atomic E-state index is 13.3. The Labute approximate surface area is 156 Å². The van der Waals surface area contributed by atoms with E-state index in [-0.39, 0.29) is 18.9 Å². The van der Waals surface area contributed by atoms with E-state index in [0.29, 0.717) is 17.8 Å². The SMILES string of the molecule is CN(Cc1ccccc1)C(=O)COC(=O)C1CC(c2cccc(F)c2)=NO1. The van der Waals surface area contributed by atoms with Gasteiger partial charge in [0, 0.05) is 25.6 Å². The number of hydrogen-bond donors (Lipinski definition) is 0. The second kappa shape index (κ2) is 8.44. The van der Waals surface area contributed by atoms with Crippen LogP contribution in [0.2, 0.25) is 0 Å². The number of carbonyl (C=O) groups is 2. The van der Waals surface area contributed by atoms with Crippen LogP contribution in [0.1, 0.15) is 17.5 Å². The zero-order chi connectivity index (χ0) is 19.2. The van der Waals surface area contributed by atoms with E-state index in [1.54, 1.807) is 19.2 Å². The van der Waals surface area contributed by atoms with Crippen LogP contribution in [0.4, 0.5) is 4.39 Å². The Hall–Kier alpha value is -3.22. The molecule has 0 N–H and O–H groups in total. The fourth-order valence-corrected chi connectivity index (χ4v) is 2.62. The molecule has 0 bridgehead atoms. The van der Waals surface area contributed by atoms with Gasteiger partial charge in [-0.05, 0) is 17.7 Å². The monoisotopic (exact) mass is 370 g/mol. The lowest BCUT2D eigenvalue weighted by Crippen LogP contribution is -2.33. The van der Waals surface area contributed by atoms with Crippen molar-refractivity contribution in [1.82, 2.24) is 4.90 Å². The molecular formula is C20H19FN2O4. The number of amides is 1. The topological polar surface area (TPSA) is 68.2 Å². The molecule has 0 saturated heterocycles. The molecule has 0 fully saturated rings. The standard InChI is InChI=1S/C20H19FN2O4/c1-23(12-14-6-3-2-4-7-14)19(24)13-26-20(25)18-11-17(22-27-18)15-8-5-9-16(21)10-15/h2-10,18H,11-13H2,1H3. The Morgan fingerprint density at radius 3 is 2.74 bits per heavy atom. The Bertz CT molecular complexity index is 854. The van der Waals surface area contributed by atoms with E-state index in [9.17, 15) is 14.0 Å². The first-order valence-electron chi connectivity index (χ1n) is 8.46. The van der Waals surface area contributed by atoms with Gasteiger partial charge in [-0.2, -0.15) is 0 Å². The van der Waals surface area contributed by atoms with Gasteiger partial charge in [0.1, 0.15) is 5.82 Å². The number of carbonyl (C=O) groups excluding carboxylic acids is 2. The van der Waals surface area contributed by atoms with Crippen LogP contribution in [0.5, 0.6) is 0 Å². The van der Waals surface area contributed by atoms with Gasteiger partial charge in [-0.15, -0.1) is 0 Å². The normalized spacial score (nSPS) is 15.6. The van der Waals surface area contributed by atoms with Crippen LogP contribution in [-0.2, 0) is 25.7 Å². The first kappa shape index (κ1) is 18.6. The first-order chi connectivity index (χ1) is 13.0. The lowest BCUT2D eigenvalue weighted by molar-refractivity contribution is -0.160. The Kier molecular flexibility index (Phi) is 5.80. The number of likely N-dealkylation sites (N-methyl/N-ethyl adjacent to an activating group) is 1. The van der Waals surface area contributed by atoms with Gasteiger partial charge in [-0.3, -0.25) is 4.79 Å². The number of halogens is 1. The fraction of sp³-hybridized carbons (Fsp3) is 0.250. The van der Waals surface area contributed by atoms with Crippen molar-refractivity contribution >= 4 is 17.6 Å². The van der Waals surface area contributed by atoms with Crippen LogP contribution >= 0.6 is 0 Å². The molecule has 0 aromatic heterocycles. The van der Waals surface area contributed by atoms with Crippen LogP contribution < -0.4 is 0 Å². The molecular weight excluding hydrogens is 351 g/mol. The molecule has 1 unspecified atom stereocenters. The van der Waals surface area contributed by atoms with Crippen LogP contribution in [-0.4, -0.2) is 42.2 Å². The van der Waals surface area contributed by atoms with Gasteiger partial charge in [0.05, 0.1) is 5.71 Å². The second-order valence-electron chi connectivity index (χ2n) is 6.19. The molecule has 1 aliphatic rings. The summed E-state index contributed by atoms with van der Waals surface area (Å²) in [5.74, 6) is -1.39. The van der Waals surface area contributed by atoms with Gasteiger partial charge in [0.25, 0.3) is 5.91 Å². The van der Waals surface area contributed by atoms with Crippen LogP contribution in [0.15, 0.2) is 59.8 Å². The van der Waals surface area contributed by atoms with Gasteiger partial charge in [0.15, 0.2) is 6.61 Å².